The minimum atomic E-state index is -4.84. The summed E-state index contributed by atoms with van der Waals surface area (Å²) in [5.41, 5.74) is 0. The Balaban J connectivity index is 3.93. The van der Waals surface area contributed by atoms with Crippen LogP contribution in [0.3, 0.4) is 0 Å². The topological polar surface area (TPSA) is 29.1 Å². The molecule has 0 saturated heterocycles. The highest BCUT2D eigenvalue weighted by Crippen LogP contribution is 2.13. The molecular formula is C7H6F3NO. The van der Waals surface area contributed by atoms with E-state index < -0.39 is 12.1 Å². The van der Waals surface area contributed by atoms with Crippen molar-refractivity contribution in [3.05, 3.63) is 12.3 Å². The molecule has 0 aliphatic rings. The van der Waals surface area contributed by atoms with Gasteiger partial charge in [0, 0.05) is 12.3 Å². The fraction of sp³-hybridized carbons (Fsp3) is 0.286. The minimum Gasteiger partial charge on any atom is -0.324 e. The Labute approximate surface area is 67.4 Å². The smallest absolute Gasteiger partial charge is 0.324 e. The van der Waals surface area contributed by atoms with Crippen LogP contribution in [0.15, 0.2) is 12.3 Å². The average Bonchev–Trinajstić information content (AvgIpc) is 1.96. The van der Waals surface area contributed by atoms with Crippen LogP contribution < -0.4 is 5.32 Å². The molecule has 66 valence electrons. The number of hydrogen-bond acceptors (Lipinski definition) is 1. The normalized spacial score (nSPS) is 10.7. The van der Waals surface area contributed by atoms with E-state index in [4.69, 9.17) is 0 Å². The van der Waals surface area contributed by atoms with Gasteiger partial charge in [-0.05, 0) is 6.92 Å². The molecule has 0 aromatic carbocycles. The van der Waals surface area contributed by atoms with Gasteiger partial charge in [0.2, 0.25) is 0 Å². The summed E-state index contributed by atoms with van der Waals surface area (Å²) in [7, 11) is 0. The molecule has 0 aliphatic carbocycles. The zero-order valence-corrected chi connectivity index (χ0v) is 6.20. The monoisotopic (exact) mass is 177 g/mol. The Morgan fingerprint density at radius 3 is 2.50 bits per heavy atom. The molecule has 1 amide bonds. The maximum atomic E-state index is 11.5. The summed E-state index contributed by atoms with van der Waals surface area (Å²) >= 11 is 0. The Morgan fingerprint density at radius 1 is 1.50 bits per heavy atom. The molecule has 0 atom stereocenters. The molecular weight excluding hydrogens is 171 g/mol. The standard InChI is InChI=1S/C7H6F3NO/c1-2-3-4-5-11-6(12)7(8,9)10/h4-5H,1H3,(H,11,12)/b5-4-. The Bertz CT molecular complexity index is 244. The molecule has 12 heavy (non-hydrogen) atoms. The number of carbonyl (C=O) groups is 1. The fourth-order valence-electron chi connectivity index (χ4n) is 0.324. The maximum absolute atomic E-state index is 11.5. The number of carbonyl (C=O) groups excluding carboxylic acids is 1. The SMILES string of the molecule is CC#C/C=C\NC(=O)C(F)(F)F. The number of alkyl halides is 3. The maximum Gasteiger partial charge on any atom is 0.471 e. The van der Waals surface area contributed by atoms with Gasteiger partial charge in [0.15, 0.2) is 0 Å². The van der Waals surface area contributed by atoms with Gasteiger partial charge >= 0.3 is 12.1 Å². The summed E-state index contributed by atoms with van der Waals surface area (Å²) in [6.07, 6.45) is -2.89. The van der Waals surface area contributed by atoms with Crippen molar-refractivity contribution < 1.29 is 18.0 Å². The van der Waals surface area contributed by atoms with Gasteiger partial charge < -0.3 is 5.32 Å². The highest BCUT2D eigenvalue weighted by Gasteiger charge is 2.37. The third-order valence-electron chi connectivity index (χ3n) is 0.783. The molecule has 0 heterocycles. The fourth-order valence-corrected chi connectivity index (χ4v) is 0.324. The van der Waals surface area contributed by atoms with Gasteiger partial charge in [0.25, 0.3) is 0 Å². The number of allylic oxidation sites excluding steroid dienone is 1. The van der Waals surface area contributed by atoms with Crippen LogP contribution in [0.1, 0.15) is 6.92 Å². The van der Waals surface area contributed by atoms with Crippen molar-refractivity contribution in [3.8, 4) is 11.8 Å². The molecule has 5 heteroatoms. The van der Waals surface area contributed by atoms with Crippen molar-refractivity contribution in [3.63, 3.8) is 0 Å². The van der Waals surface area contributed by atoms with Gasteiger partial charge in [0.1, 0.15) is 0 Å². The molecule has 0 saturated carbocycles. The summed E-state index contributed by atoms with van der Waals surface area (Å²) < 4.78 is 34.4. The quantitative estimate of drug-likeness (QED) is 0.599. The van der Waals surface area contributed by atoms with E-state index >= 15 is 0 Å². The van der Waals surface area contributed by atoms with E-state index in [0.717, 1.165) is 12.3 Å². The first-order chi connectivity index (χ1) is 5.48. The van der Waals surface area contributed by atoms with Gasteiger partial charge in [-0.15, -0.1) is 5.92 Å². The van der Waals surface area contributed by atoms with Crippen molar-refractivity contribution in [1.29, 1.82) is 0 Å². The number of rotatable bonds is 1. The first-order valence-electron chi connectivity index (χ1n) is 2.93. The van der Waals surface area contributed by atoms with Crippen LogP contribution in [-0.2, 0) is 4.79 Å². The molecule has 1 N–H and O–H groups in total. The van der Waals surface area contributed by atoms with Crippen molar-refractivity contribution >= 4 is 5.91 Å². The third kappa shape index (κ3) is 4.39. The Kier molecular flexibility index (Phi) is 3.91. The van der Waals surface area contributed by atoms with E-state index in [-0.39, 0.29) is 0 Å². The summed E-state index contributed by atoms with van der Waals surface area (Å²) in [5, 5.41) is 1.51. The first kappa shape index (κ1) is 10.6. The summed E-state index contributed by atoms with van der Waals surface area (Å²) in [6, 6.07) is 0. The Morgan fingerprint density at radius 2 is 2.08 bits per heavy atom. The van der Waals surface area contributed by atoms with Crippen LogP contribution in [0.25, 0.3) is 0 Å². The van der Waals surface area contributed by atoms with Crippen LogP contribution in [-0.4, -0.2) is 12.1 Å². The number of amides is 1. The number of halogens is 3. The lowest BCUT2D eigenvalue weighted by molar-refractivity contribution is -0.172. The van der Waals surface area contributed by atoms with Crippen molar-refractivity contribution in [1.82, 2.24) is 5.32 Å². The molecule has 0 aliphatic heterocycles. The number of nitrogens with one attached hydrogen (secondary N) is 1. The second-order valence-electron chi connectivity index (χ2n) is 1.70. The van der Waals surface area contributed by atoms with Gasteiger partial charge in [-0.2, -0.15) is 13.2 Å². The second-order valence-corrected chi connectivity index (χ2v) is 1.70. The largest absolute Gasteiger partial charge is 0.471 e. The first-order valence-corrected chi connectivity index (χ1v) is 2.93. The van der Waals surface area contributed by atoms with Gasteiger partial charge in [0.05, 0.1) is 0 Å². The molecule has 0 fully saturated rings. The van der Waals surface area contributed by atoms with E-state index in [1.165, 1.54) is 12.2 Å². The highest BCUT2D eigenvalue weighted by atomic mass is 19.4. The van der Waals surface area contributed by atoms with Crippen molar-refractivity contribution in [2.24, 2.45) is 0 Å². The molecule has 2 nitrogen and oxygen atoms in total. The van der Waals surface area contributed by atoms with Crippen LogP contribution >= 0.6 is 0 Å². The van der Waals surface area contributed by atoms with Gasteiger partial charge in [-0.1, -0.05) is 5.92 Å². The predicted molar refractivity (Wildman–Crippen MR) is 36.8 cm³/mol. The predicted octanol–water partition coefficient (Wildman–Crippen LogP) is 1.20. The third-order valence-corrected chi connectivity index (χ3v) is 0.783. The zero-order chi connectivity index (χ0) is 9.61. The van der Waals surface area contributed by atoms with Crippen LogP contribution in [0, 0.1) is 11.8 Å². The van der Waals surface area contributed by atoms with Crippen LogP contribution in [0.4, 0.5) is 13.2 Å². The van der Waals surface area contributed by atoms with E-state index in [1.807, 2.05) is 0 Å². The van der Waals surface area contributed by atoms with Crippen molar-refractivity contribution in [2.45, 2.75) is 13.1 Å². The molecule has 0 unspecified atom stereocenters. The molecule has 0 rings (SSSR count). The van der Waals surface area contributed by atoms with Gasteiger partial charge in [-0.25, -0.2) is 0 Å². The van der Waals surface area contributed by atoms with E-state index in [9.17, 15) is 18.0 Å². The van der Waals surface area contributed by atoms with Gasteiger partial charge in [-0.3, -0.25) is 4.79 Å². The molecule has 0 spiro atoms. The van der Waals surface area contributed by atoms with Crippen LogP contribution in [0.2, 0.25) is 0 Å². The van der Waals surface area contributed by atoms with E-state index in [1.54, 1.807) is 0 Å². The zero-order valence-electron chi connectivity index (χ0n) is 6.20. The second kappa shape index (κ2) is 4.44. The summed E-state index contributed by atoms with van der Waals surface area (Å²) in [4.78, 5) is 10.1. The van der Waals surface area contributed by atoms with Crippen LogP contribution in [0.5, 0.6) is 0 Å². The molecule has 0 bridgehead atoms. The lowest BCUT2D eigenvalue weighted by Crippen LogP contribution is -2.33. The number of hydrogen-bond donors (Lipinski definition) is 1. The minimum absolute atomic E-state index is 0.840. The molecule has 0 aromatic rings. The molecule has 0 aromatic heterocycles. The van der Waals surface area contributed by atoms with E-state index in [2.05, 4.69) is 11.8 Å². The average molecular weight is 177 g/mol. The summed E-state index contributed by atoms with van der Waals surface area (Å²) in [5.74, 6) is 2.75. The van der Waals surface area contributed by atoms with E-state index in [0.29, 0.717) is 0 Å². The molecule has 0 radical (unpaired) electrons. The lowest BCUT2D eigenvalue weighted by atomic mass is 10.5. The summed E-state index contributed by atoms with van der Waals surface area (Å²) in [6.45, 7) is 1.52. The highest BCUT2D eigenvalue weighted by molar-refractivity contribution is 5.82. The lowest BCUT2D eigenvalue weighted by Gasteiger charge is -2.02. The van der Waals surface area contributed by atoms with Crippen molar-refractivity contribution in [2.75, 3.05) is 0 Å². The Hall–Kier alpha value is -1.44.